The van der Waals surface area contributed by atoms with Crippen LogP contribution in [-0.4, -0.2) is 39.2 Å². The number of rotatable bonds is 19. The molecule has 0 saturated carbocycles. The van der Waals surface area contributed by atoms with Crippen LogP contribution in [0, 0.1) is 0 Å². The molecule has 160 valence electrons. The van der Waals surface area contributed by atoms with Gasteiger partial charge in [0.25, 0.3) is 0 Å². The highest BCUT2D eigenvalue weighted by atomic mass is 32.2. The molecule has 0 fully saturated rings. The molecular formula is C21H41NO4S. The van der Waals surface area contributed by atoms with E-state index in [0.29, 0.717) is 6.42 Å². The van der Waals surface area contributed by atoms with Gasteiger partial charge in [-0.2, -0.15) is 0 Å². The van der Waals surface area contributed by atoms with Gasteiger partial charge >= 0.3 is 5.97 Å². The SMILES string of the molecule is CCCCCCCCCCCCCCCC(=O)N[C@@H](CCS(C)=O)C(=O)O. The van der Waals surface area contributed by atoms with Gasteiger partial charge in [-0.05, 0) is 12.8 Å². The molecule has 0 aromatic rings. The molecule has 2 N–H and O–H groups in total. The minimum atomic E-state index is -1.06. The Hall–Kier alpha value is -0.910. The van der Waals surface area contributed by atoms with Crippen molar-refractivity contribution in [3.05, 3.63) is 0 Å². The molecule has 1 amide bonds. The molecule has 0 aliphatic heterocycles. The van der Waals surface area contributed by atoms with Crippen molar-refractivity contribution in [2.45, 2.75) is 109 Å². The molecule has 0 heterocycles. The normalized spacial score (nSPS) is 13.3. The maximum Gasteiger partial charge on any atom is 0.326 e. The molecule has 0 aromatic carbocycles. The molecule has 2 atom stereocenters. The van der Waals surface area contributed by atoms with Crippen molar-refractivity contribution < 1.29 is 18.9 Å². The average Bonchev–Trinajstić information content (AvgIpc) is 2.62. The van der Waals surface area contributed by atoms with E-state index in [-0.39, 0.29) is 18.1 Å². The third-order valence-electron chi connectivity index (χ3n) is 4.83. The lowest BCUT2D eigenvalue weighted by atomic mass is 10.0. The maximum atomic E-state index is 11.9. The highest BCUT2D eigenvalue weighted by Gasteiger charge is 2.19. The molecule has 0 aliphatic rings. The van der Waals surface area contributed by atoms with E-state index in [1.165, 1.54) is 70.5 Å². The first-order valence-electron chi connectivity index (χ1n) is 10.8. The number of carbonyl (C=O) groups is 2. The van der Waals surface area contributed by atoms with Crippen molar-refractivity contribution in [3.63, 3.8) is 0 Å². The number of carboxylic acids is 1. The fraction of sp³-hybridized carbons (Fsp3) is 0.905. The standard InChI is InChI=1S/C21H41NO4S/c1-3-4-5-6-7-8-9-10-11-12-13-14-15-16-20(23)22-19(21(24)25)17-18-27(2)26/h19H,3-18H2,1-2H3,(H,22,23)(H,24,25)/t19-,27?/m0/s1. The van der Waals surface area contributed by atoms with Gasteiger partial charge in [-0.25, -0.2) is 4.79 Å². The van der Waals surface area contributed by atoms with Crippen molar-refractivity contribution in [1.29, 1.82) is 0 Å². The van der Waals surface area contributed by atoms with E-state index in [9.17, 15) is 13.8 Å². The van der Waals surface area contributed by atoms with E-state index in [1.807, 2.05) is 0 Å². The van der Waals surface area contributed by atoms with Crippen molar-refractivity contribution in [3.8, 4) is 0 Å². The molecule has 0 aliphatic carbocycles. The first-order chi connectivity index (χ1) is 13.0. The number of amides is 1. The fourth-order valence-corrected chi connectivity index (χ4v) is 3.68. The topological polar surface area (TPSA) is 83.5 Å². The number of hydrogen-bond acceptors (Lipinski definition) is 3. The fourth-order valence-electron chi connectivity index (χ4n) is 3.11. The van der Waals surface area contributed by atoms with Gasteiger partial charge in [0.2, 0.25) is 5.91 Å². The molecule has 0 radical (unpaired) electrons. The average molecular weight is 404 g/mol. The third-order valence-corrected chi connectivity index (χ3v) is 5.65. The van der Waals surface area contributed by atoms with Crippen LogP contribution in [0.5, 0.6) is 0 Å². The summed E-state index contributed by atoms with van der Waals surface area (Å²) in [6.07, 6.45) is 18.4. The minimum Gasteiger partial charge on any atom is -0.480 e. The number of carboxylic acid groups (broad SMARTS) is 1. The smallest absolute Gasteiger partial charge is 0.326 e. The van der Waals surface area contributed by atoms with Gasteiger partial charge in [0.15, 0.2) is 0 Å². The number of nitrogens with one attached hydrogen (secondary N) is 1. The van der Waals surface area contributed by atoms with Crippen molar-refractivity contribution in [1.82, 2.24) is 5.32 Å². The number of unbranched alkanes of at least 4 members (excludes halogenated alkanes) is 12. The summed E-state index contributed by atoms with van der Waals surface area (Å²) in [5, 5.41) is 11.6. The summed E-state index contributed by atoms with van der Waals surface area (Å²) in [5.41, 5.74) is 0. The summed E-state index contributed by atoms with van der Waals surface area (Å²) < 4.78 is 11.1. The predicted molar refractivity (Wildman–Crippen MR) is 113 cm³/mol. The van der Waals surface area contributed by atoms with Crippen LogP contribution in [-0.2, 0) is 20.4 Å². The zero-order valence-electron chi connectivity index (χ0n) is 17.5. The van der Waals surface area contributed by atoms with Gasteiger partial charge in [0.05, 0.1) is 0 Å². The zero-order valence-corrected chi connectivity index (χ0v) is 18.3. The van der Waals surface area contributed by atoms with Gasteiger partial charge in [0, 0.05) is 29.2 Å². The Bertz CT molecular complexity index is 415. The van der Waals surface area contributed by atoms with Gasteiger partial charge < -0.3 is 10.4 Å². The predicted octanol–water partition coefficient (Wildman–Crippen LogP) is 4.81. The van der Waals surface area contributed by atoms with Gasteiger partial charge in [0.1, 0.15) is 6.04 Å². The van der Waals surface area contributed by atoms with Gasteiger partial charge in [-0.3, -0.25) is 9.00 Å². The summed E-state index contributed by atoms with van der Waals surface area (Å²) in [6.45, 7) is 2.25. The Morgan fingerprint density at radius 2 is 1.30 bits per heavy atom. The molecule has 0 aromatic heterocycles. The van der Waals surface area contributed by atoms with E-state index in [4.69, 9.17) is 5.11 Å². The molecule has 0 bridgehead atoms. The molecule has 5 nitrogen and oxygen atoms in total. The van der Waals surface area contributed by atoms with E-state index < -0.39 is 22.8 Å². The molecule has 6 heteroatoms. The number of hydrogen-bond donors (Lipinski definition) is 2. The zero-order chi connectivity index (χ0) is 20.3. The number of carbonyl (C=O) groups excluding carboxylic acids is 1. The van der Waals surface area contributed by atoms with Crippen LogP contribution in [0.15, 0.2) is 0 Å². The molecule has 0 spiro atoms. The third kappa shape index (κ3) is 18.2. The monoisotopic (exact) mass is 403 g/mol. The Kier molecular flexibility index (Phi) is 17.8. The highest BCUT2D eigenvalue weighted by Crippen LogP contribution is 2.13. The lowest BCUT2D eigenvalue weighted by Gasteiger charge is -2.13. The van der Waals surface area contributed by atoms with Crippen LogP contribution in [0.1, 0.15) is 103 Å². The van der Waals surface area contributed by atoms with Crippen LogP contribution >= 0.6 is 0 Å². The van der Waals surface area contributed by atoms with Crippen molar-refractivity contribution >= 4 is 22.7 Å². The highest BCUT2D eigenvalue weighted by molar-refractivity contribution is 7.84. The van der Waals surface area contributed by atoms with E-state index in [1.54, 1.807) is 0 Å². The Balaban J connectivity index is 3.51. The van der Waals surface area contributed by atoms with Crippen LogP contribution in [0.3, 0.4) is 0 Å². The van der Waals surface area contributed by atoms with Crippen LogP contribution in [0.25, 0.3) is 0 Å². The quantitative estimate of drug-likeness (QED) is 0.303. The summed E-state index contributed by atoms with van der Waals surface area (Å²) in [6, 6.07) is -0.927. The summed E-state index contributed by atoms with van der Waals surface area (Å²) in [7, 11) is -1.05. The van der Waals surface area contributed by atoms with Crippen molar-refractivity contribution in [2.24, 2.45) is 0 Å². The lowest BCUT2D eigenvalue weighted by molar-refractivity contribution is -0.141. The van der Waals surface area contributed by atoms with Crippen LogP contribution < -0.4 is 5.32 Å². The molecule has 0 saturated heterocycles. The second-order valence-electron chi connectivity index (χ2n) is 7.52. The summed E-state index contributed by atoms with van der Waals surface area (Å²) in [4.78, 5) is 23.0. The first-order valence-corrected chi connectivity index (χ1v) is 12.5. The van der Waals surface area contributed by atoms with Crippen molar-refractivity contribution in [2.75, 3.05) is 12.0 Å². The van der Waals surface area contributed by atoms with E-state index in [0.717, 1.165) is 19.3 Å². The molecule has 0 rings (SSSR count). The minimum absolute atomic E-state index is 0.211. The molecule has 1 unspecified atom stereocenters. The van der Waals surface area contributed by atoms with E-state index >= 15 is 0 Å². The van der Waals surface area contributed by atoms with E-state index in [2.05, 4.69) is 12.2 Å². The molecular weight excluding hydrogens is 362 g/mol. The Labute approximate surface area is 168 Å². The maximum absolute atomic E-state index is 11.9. The summed E-state index contributed by atoms with van der Waals surface area (Å²) >= 11 is 0. The second kappa shape index (κ2) is 18.5. The Morgan fingerprint density at radius 1 is 0.852 bits per heavy atom. The largest absolute Gasteiger partial charge is 0.480 e. The first kappa shape index (κ1) is 26.1. The lowest BCUT2D eigenvalue weighted by Crippen LogP contribution is -2.41. The Morgan fingerprint density at radius 3 is 1.70 bits per heavy atom. The second-order valence-corrected chi connectivity index (χ2v) is 9.07. The number of aliphatic carboxylic acids is 1. The van der Waals surface area contributed by atoms with Crippen LogP contribution in [0.4, 0.5) is 0 Å². The van der Waals surface area contributed by atoms with Gasteiger partial charge in [-0.1, -0.05) is 84.0 Å². The summed E-state index contributed by atoms with van der Waals surface area (Å²) in [5.74, 6) is -0.984. The molecule has 27 heavy (non-hydrogen) atoms. The van der Waals surface area contributed by atoms with Crippen LogP contribution in [0.2, 0.25) is 0 Å². The van der Waals surface area contributed by atoms with Gasteiger partial charge in [-0.15, -0.1) is 0 Å².